The van der Waals surface area contributed by atoms with Crippen LogP contribution in [-0.2, 0) is 11.2 Å². The molecule has 0 aromatic carbocycles. The predicted molar refractivity (Wildman–Crippen MR) is 66.2 cm³/mol. The van der Waals surface area contributed by atoms with Crippen molar-refractivity contribution in [2.75, 3.05) is 6.61 Å². The Balaban J connectivity index is 2.12. The van der Waals surface area contributed by atoms with Gasteiger partial charge in [0.2, 0.25) is 0 Å². The van der Waals surface area contributed by atoms with Crippen LogP contribution in [0.5, 0.6) is 0 Å². The van der Waals surface area contributed by atoms with Crippen LogP contribution in [-0.4, -0.2) is 18.5 Å². The largest absolute Gasteiger partial charge is 0.377 e. The van der Waals surface area contributed by atoms with Crippen molar-refractivity contribution in [3.63, 3.8) is 0 Å². The summed E-state index contributed by atoms with van der Waals surface area (Å²) in [5, 5.41) is 0. The third kappa shape index (κ3) is 2.20. The lowest BCUT2D eigenvalue weighted by Crippen LogP contribution is -2.23. The van der Waals surface area contributed by atoms with Crippen LogP contribution in [0, 0.1) is 5.92 Å². The number of ether oxygens (including phenoxy) is 1. The van der Waals surface area contributed by atoms with Gasteiger partial charge in [-0.15, -0.1) is 11.3 Å². The van der Waals surface area contributed by atoms with Crippen molar-refractivity contribution in [3.05, 3.63) is 21.9 Å². The van der Waals surface area contributed by atoms with Crippen LogP contribution >= 0.6 is 11.3 Å². The zero-order valence-electron chi connectivity index (χ0n) is 9.86. The molecule has 2 heterocycles. The first-order valence-corrected chi connectivity index (χ1v) is 6.82. The SMILES string of the molecule is CCc1ccc(C(=O)C2CCOC2CC)s1. The average Bonchev–Trinajstić information content (AvgIpc) is 2.96. The van der Waals surface area contributed by atoms with E-state index in [1.54, 1.807) is 11.3 Å². The Labute approximate surface area is 101 Å². The maximum absolute atomic E-state index is 12.3. The second-order valence-corrected chi connectivity index (χ2v) is 5.36. The molecule has 1 aromatic heterocycles. The highest BCUT2D eigenvalue weighted by atomic mass is 32.1. The van der Waals surface area contributed by atoms with Crippen molar-refractivity contribution in [2.45, 2.75) is 39.2 Å². The van der Waals surface area contributed by atoms with Crippen molar-refractivity contribution < 1.29 is 9.53 Å². The van der Waals surface area contributed by atoms with Gasteiger partial charge >= 0.3 is 0 Å². The van der Waals surface area contributed by atoms with E-state index in [2.05, 4.69) is 19.9 Å². The number of hydrogen-bond donors (Lipinski definition) is 0. The van der Waals surface area contributed by atoms with Crippen LogP contribution < -0.4 is 0 Å². The quantitative estimate of drug-likeness (QED) is 0.752. The molecule has 0 bridgehead atoms. The second kappa shape index (κ2) is 5.11. The number of rotatable bonds is 4. The smallest absolute Gasteiger partial charge is 0.178 e. The highest BCUT2D eigenvalue weighted by molar-refractivity contribution is 7.14. The van der Waals surface area contributed by atoms with Gasteiger partial charge in [0.05, 0.1) is 16.9 Å². The fourth-order valence-corrected chi connectivity index (χ4v) is 3.18. The molecule has 2 rings (SSSR count). The van der Waals surface area contributed by atoms with Crippen molar-refractivity contribution in [3.8, 4) is 0 Å². The van der Waals surface area contributed by atoms with Gasteiger partial charge in [-0.3, -0.25) is 4.79 Å². The zero-order valence-corrected chi connectivity index (χ0v) is 10.7. The molecule has 3 heteroatoms. The van der Waals surface area contributed by atoms with E-state index in [9.17, 15) is 4.79 Å². The lowest BCUT2D eigenvalue weighted by atomic mass is 9.94. The number of thiophene rings is 1. The lowest BCUT2D eigenvalue weighted by Gasteiger charge is -2.14. The van der Waals surface area contributed by atoms with Gasteiger partial charge in [0, 0.05) is 11.5 Å². The summed E-state index contributed by atoms with van der Waals surface area (Å²) >= 11 is 1.64. The van der Waals surface area contributed by atoms with E-state index in [0.717, 1.165) is 30.7 Å². The minimum absolute atomic E-state index is 0.0911. The molecule has 88 valence electrons. The van der Waals surface area contributed by atoms with Crippen molar-refractivity contribution >= 4 is 17.1 Å². The van der Waals surface area contributed by atoms with Crippen LogP contribution in [0.2, 0.25) is 0 Å². The molecule has 1 aliphatic heterocycles. The van der Waals surface area contributed by atoms with Gasteiger partial charge in [0.15, 0.2) is 5.78 Å². The van der Waals surface area contributed by atoms with Crippen molar-refractivity contribution in [1.82, 2.24) is 0 Å². The Morgan fingerprint density at radius 3 is 2.94 bits per heavy atom. The molecule has 0 amide bonds. The molecule has 0 N–H and O–H groups in total. The second-order valence-electron chi connectivity index (χ2n) is 4.20. The molecule has 0 aliphatic carbocycles. The van der Waals surface area contributed by atoms with Gasteiger partial charge in [0.25, 0.3) is 0 Å². The Kier molecular flexibility index (Phi) is 3.77. The molecule has 0 saturated carbocycles. The van der Waals surface area contributed by atoms with E-state index in [1.165, 1.54) is 4.88 Å². The zero-order chi connectivity index (χ0) is 11.5. The first-order chi connectivity index (χ1) is 7.76. The maximum atomic E-state index is 12.3. The predicted octanol–water partition coefficient (Wildman–Crippen LogP) is 3.31. The highest BCUT2D eigenvalue weighted by Crippen LogP contribution is 2.29. The summed E-state index contributed by atoms with van der Waals surface area (Å²) < 4.78 is 5.57. The number of carbonyl (C=O) groups excluding carboxylic acids is 1. The summed E-state index contributed by atoms with van der Waals surface area (Å²) in [7, 11) is 0. The molecule has 1 saturated heterocycles. The molecular formula is C13H18O2S. The molecule has 0 spiro atoms. The van der Waals surface area contributed by atoms with Gasteiger partial charge in [-0.05, 0) is 31.4 Å². The molecule has 1 aliphatic rings. The minimum atomic E-state index is 0.0911. The van der Waals surface area contributed by atoms with Crippen LogP contribution in [0.3, 0.4) is 0 Å². The van der Waals surface area contributed by atoms with E-state index in [-0.39, 0.29) is 17.8 Å². The molecule has 1 aromatic rings. The summed E-state index contributed by atoms with van der Waals surface area (Å²) in [6.07, 6.45) is 2.97. The van der Waals surface area contributed by atoms with Crippen molar-refractivity contribution in [2.24, 2.45) is 5.92 Å². The van der Waals surface area contributed by atoms with Crippen LogP contribution in [0.4, 0.5) is 0 Å². The van der Waals surface area contributed by atoms with E-state index in [1.807, 2.05) is 6.07 Å². The van der Waals surface area contributed by atoms with Gasteiger partial charge < -0.3 is 4.74 Å². The Morgan fingerprint density at radius 2 is 2.31 bits per heavy atom. The average molecular weight is 238 g/mol. The Hall–Kier alpha value is -0.670. The van der Waals surface area contributed by atoms with E-state index in [0.29, 0.717) is 0 Å². The Morgan fingerprint density at radius 1 is 1.50 bits per heavy atom. The first-order valence-electron chi connectivity index (χ1n) is 6.00. The number of carbonyl (C=O) groups is 1. The monoisotopic (exact) mass is 238 g/mol. The van der Waals surface area contributed by atoms with Crippen LogP contribution in [0.25, 0.3) is 0 Å². The van der Waals surface area contributed by atoms with Crippen LogP contribution in [0.1, 0.15) is 41.2 Å². The maximum Gasteiger partial charge on any atom is 0.178 e. The lowest BCUT2D eigenvalue weighted by molar-refractivity contribution is 0.0692. The third-order valence-electron chi connectivity index (χ3n) is 3.20. The molecule has 2 nitrogen and oxygen atoms in total. The molecule has 16 heavy (non-hydrogen) atoms. The highest BCUT2D eigenvalue weighted by Gasteiger charge is 2.33. The van der Waals surface area contributed by atoms with Crippen molar-refractivity contribution in [1.29, 1.82) is 0 Å². The molecule has 0 radical (unpaired) electrons. The van der Waals surface area contributed by atoms with Crippen LogP contribution in [0.15, 0.2) is 12.1 Å². The van der Waals surface area contributed by atoms with Gasteiger partial charge in [-0.2, -0.15) is 0 Å². The summed E-state index contributed by atoms with van der Waals surface area (Å²) in [5.41, 5.74) is 0. The van der Waals surface area contributed by atoms with E-state index in [4.69, 9.17) is 4.74 Å². The van der Waals surface area contributed by atoms with E-state index < -0.39 is 0 Å². The fourth-order valence-electron chi connectivity index (χ4n) is 2.23. The summed E-state index contributed by atoms with van der Waals surface area (Å²) in [6.45, 7) is 4.94. The topological polar surface area (TPSA) is 26.3 Å². The first kappa shape index (κ1) is 11.8. The fraction of sp³-hybridized carbons (Fsp3) is 0.615. The van der Waals surface area contributed by atoms with E-state index >= 15 is 0 Å². The van der Waals surface area contributed by atoms with Gasteiger partial charge in [-0.25, -0.2) is 0 Å². The third-order valence-corrected chi connectivity index (χ3v) is 4.45. The molecule has 2 unspecified atom stereocenters. The molecule has 2 atom stereocenters. The summed E-state index contributed by atoms with van der Waals surface area (Å²) in [5.74, 6) is 0.377. The number of Topliss-reactive ketones (excluding diaryl/α,β-unsaturated/α-hetero) is 1. The Bertz CT molecular complexity index is 370. The minimum Gasteiger partial charge on any atom is -0.377 e. The number of hydrogen-bond acceptors (Lipinski definition) is 3. The molecule has 1 fully saturated rings. The van der Waals surface area contributed by atoms with Gasteiger partial charge in [0.1, 0.15) is 0 Å². The van der Waals surface area contributed by atoms with Gasteiger partial charge in [-0.1, -0.05) is 13.8 Å². The molecular weight excluding hydrogens is 220 g/mol. The normalized spacial score (nSPS) is 24.9. The summed E-state index contributed by atoms with van der Waals surface area (Å²) in [6, 6.07) is 4.03. The standard InChI is InChI=1S/C13H18O2S/c1-3-9-5-6-12(16-9)13(14)10-7-8-15-11(10)4-2/h5-6,10-11H,3-4,7-8H2,1-2H3. The number of aryl methyl sites for hydroxylation is 1. The number of ketones is 1. The summed E-state index contributed by atoms with van der Waals surface area (Å²) in [4.78, 5) is 14.5.